The van der Waals surface area contributed by atoms with Gasteiger partial charge in [-0.05, 0) is 31.7 Å². The third-order valence-corrected chi connectivity index (χ3v) is 2.72. The van der Waals surface area contributed by atoms with Crippen LogP contribution in [0.15, 0.2) is 0 Å². The van der Waals surface area contributed by atoms with E-state index in [1.165, 1.54) is 13.0 Å². The van der Waals surface area contributed by atoms with Crippen molar-refractivity contribution < 1.29 is 0 Å². The van der Waals surface area contributed by atoms with E-state index in [-0.39, 0.29) is 0 Å². The van der Waals surface area contributed by atoms with Crippen molar-refractivity contribution in [2.75, 3.05) is 19.3 Å². The van der Waals surface area contributed by atoms with E-state index in [0.29, 0.717) is 0 Å². The van der Waals surface area contributed by atoms with E-state index in [1.54, 1.807) is 0 Å². The van der Waals surface area contributed by atoms with E-state index in [0.717, 1.165) is 17.7 Å². The van der Waals surface area contributed by atoms with Crippen LogP contribution in [-0.4, -0.2) is 24.6 Å². The lowest BCUT2D eigenvalue weighted by molar-refractivity contribution is 0.543. The maximum absolute atomic E-state index is 3.44. The Bertz CT molecular complexity index is 83.6. The molecule has 0 aliphatic rings. The number of nitrogens with one attached hydrogen (secondary N) is 1. The highest BCUT2D eigenvalue weighted by atomic mass is 32.2. The Morgan fingerprint density at radius 3 is 2.36 bits per heavy atom. The van der Waals surface area contributed by atoms with Crippen molar-refractivity contribution in [3.05, 3.63) is 0 Å². The van der Waals surface area contributed by atoms with Crippen molar-refractivity contribution in [3.8, 4) is 0 Å². The highest BCUT2D eigenvalue weighted by Crippen LogP contribution is 2.07. The molecule has 2 heteroatoms. The summed E-state index contributed by atoms with van der Waals surface area (Å²) in [6.07, 6.45) is 3.46. The number of hydrogen-bond acceptors (Lipinski definition) is 2. The molecule has 1 atom stereocenters. The first-order valence-electron chi connectivity index (χ1n) is 4.40. The van der Waals surface area contributed by atoms with Crippen LogP contribution in [-0.2, 0) is 0 Å². The Morgan fingerprint density at radius 2 is 1.91 bits per heavy atom. The fourth-order valence-electron chi connectivity index (χ4n) is 0.814. The molecule has 0 aromatic carbocycles. The number of rotatable bonds is 6. The first kappa shape index (κ1) is 11.3. The summed E-state index contributed by atoms with van der Waals surface area (Å²) in [5, 5.41) is 4.24. The lowest BCUT2D eigenvalue weighted by Crippen LogP contribution is -2.22. The van der Waals surface area contributed by atoms with Crippen molar-refractivity contribution >= 4 is 11.8 Å². The summed E-state index contributed by atoms with van der Waals surface area (Å²) >= 11 is 1.94. The maximum Gasteiger partial charge on any atom is 0.00280 e. The fourth-order valence-corrected chi connectivity index (χ4v) is 1.17. The van der Waals surface area contributed by atoms with Gasteiger partial charge in [0.1, 0.15) is 0 Å². The zero-order valence-corrected chi connectivity index (χ0v) is 9.00. The third kappa shape index (κ3) is 8.21. The van der Waals surface area contributed by atoms with Crippen LogP contribution >= 0.6 is 11.8 Å². The monoisotopic (exact) mass is 175 g/mol. The molecule has 0 saturated carbocycles. The number of thioether (sulfide) groups is 1. The van der Waals surface area contributed by atoms with Gasteiger partial charge in [0.05, 0.1) is 0 Å². The van der Waals surface area contributed by atoms with E-state index in [9.17, 15) is 0 Å². The SMILES string of the molecule is CSC(C)CCNCC(C)C. The Morgan fingerprint density at radius 1 is 1.27 bits per heavy atom. The van der Waals surface area contributed by atoms with Gasteiger partial charge >= 0.3 is 0 Å². The average Bonchev–Trinajstić information content (AvgIpc) is 1.97. The van der Waals surface area contributed by atoms with Crippen LogP contribution in [0, 0.1) is 5.92 Å². The van der Waals surface area contributed by atoms with Gasteiger partial charge in [0, 0.05) is 5.25 Å². The second-order valence-electron chi connectivity index (χ2n) is 3.43. The molecule has 1 unspecified atom stereocenters. The Hall–Kier alpha value is 0.310. The molecule has 0 amide bonds. The summed E-state index contributed by atoms with van der Waals surface area (Å²) in [5.41, 5.74) is 0. The molecular weight excluding hydrogens is 154 g/mol. The molecule has 0 aromatic heterocycles. The molecule has 1 nitrogen and oxygen atoms in total. The molecule has 0 radical (unpaired) electrons. The van der Waals surface area contributed by atoms with Crippen LogP contribution in [0.4, 0.5) is 0 Å². The summed E-state index contributed by atoms with van der Waals surface area (Å²) in [4.78, 5) is 0. The summed E-state index contributed by atoms with van der Waals surface area (Å²) in [6, 6.07) is 0. The van der Waals surface area contributed by atoms with Gasteiger partial charge in [-0.3, -0.25) is 0 Å². The van der Waals surface area contributed by atoms with Gasteiger partial charge in [-0.25, -0.2) is 0 Å². The van der Waals surface area contributed by atoms with Gasteiger partial charge in [-0.2, -0.15) is 11.8 Å². The second kappa shape index (κ2) is 6.99. The molecule has 0 spiro atoms. The van der Waals surface area contributed by atoms with Crippen molar-refractivity contribution in [3.63, 3.8) is 0 Å². The Kier molecular flexibility index (Phi) is 7.18. The van der Waals surface area contributed by atoms with Crippen LogP contribution < -0.4 is 5.32 Å². The summed E-state index contributed by atoms with van der Waals surface area (Å²) < 4.78 is 0. The summed E-state index contributed by atoms with van der Waals surface area (Å²) in [7, 11) is 0. The van der Waals surface area contributed by atoms with E-state index < -0.39 is 0 Å². The highest BCUT2D eigenvalue weighted by Gasteiger charge is 1.98. The quantitative estimate of drug-likeness (QED) is 0.622. The van der Waals surface area contributed by atoms with E-state index in [1.807, 2.05) is 11.8 Å². The van der Waals surface area contributed by atoms with Crippen molar-refractivity contribution in [2.24, 2.45) is 5.92 Å². The fraction of sp³-hybridized carbons (Fsp3) is 1.00. The molecule has 0 bridgehead atoms. The molecule has 0 aliphatic heterocycles. The highest BCUT2D eigenvalue weighted by molar-refractivity contribution is 7.99. The van der Waals surface area contributed by atoms with Crippen molar-refractivity contribution in [1.29, 1.82) is 0 Å². The minimum absolute atomic E-state index is 0.777. The van der Waals surface area contributed by atoms with E-state index in [4.69, 9.17) is 0 Å². The minimum atomic E-state index is 0.777. The first-order chi connectivity index (χ1) is 5.16. The van der Waals surface area contributed by atoms with Crippen LogP contribution in [0.3, 0.4) is 0 Å². The van der Waals surface area contributed by atoms with Crippen molar-refractivity contribution in [2.45, 2.75) is 32.4 Å². The molecule has 0 fully saturated rings. The maximum atomic E-state index is 3.44. The van der Waals surface area contributed by atoms with Crippen molar-refractivity contribution in [1.82, 2.24) is 5.32 Å². The molecule has 11 heavy (non-hydrogen) atoms. The largest absolute Gasteiger partial charge is 0.316 e. The van der Waals surface area contributed by atoms with Gasteiger partial charge in [-0.15, -0.1) is 0 Å². The lowest BCUT2D eigenvalue weighted by atomic mass is 10.2. The normalized spacial score (nSPS) is 13.9. The summed E-state index contributed by atoms with van der Waals surface area (Å²) in [6.45, 7) is 9.08. The van der Waals surface area contributed by atoms with Gasteiger partial charge < -0.3 is 5.32 Å². The van der Waals surface area contributed by atoms with Gasteiger partial charge in [0.2, 0.25) is 0 Å². The summed E-state index contributed by atoms with van der Waals surface area (Å²) in [5.74, 6) is 0.777. The number of hydrogen-bond donors (Lipinski definition) is 1. The molecule has 0 aliphatic carbocycles. The predicted octanol–water partition coefficient (Wildman–Crippen LogP) is 2.37. The molecule has 1 N–H and O–H groups in total. The standard InChI is InChI=1S/C9H21NS/c1-8(2)7-10-6-5-9(3)11-4/h8-10H,5-7H2,1-4H3. The van der Waals surface area contributed by atoms with E-state index in [2.05, 4.69) is 32.3 Å². The zero-order chi connectivity index (χ0) is 8.69. The van der Waals surface area contributed by atoms with Gasteiger partial charge in [-0.1, -0.05) is 20.8 Å². The molecule has 68 valence electrons. The molecule has 0 heterocycles. The molecule has 0 aromatic rings. The lowest BCUT2D eigenvalue weighted by Gasteiger charge is -2.10. The van der Waals surface area contributed by atoms with E-state index >= 15 is 0 Å². The minimum Gasteiger partial charge on any atom is -0.316 e. The smallest absolute Gasteiger partial charge is 0.00280 e. The average molecular weight is 175 g/mol. The van der Waals surface area contributed by atoms with Crippen LogP contribution in [0.1, 0.15) is 27.2 Å². The van der Waals surface area contributed by atoms with Gasteiger partial charge in [0.25, 0.3) is 0 Å². The second-order valence-corrected chi connectivity index (χ2v) is 4.71. The topological polar surface area (TPSA) is 12.0 Å². The van der Waals surface area contributed by atoms with Crippen LogP contribution in [0.2, 0.25) is 0 Å². The molecular formula is C9H21NS. The molecule has 0 rings (SSSR count). The van der Waals surface area contributed by atoms with Crippen LogP contribution in [0.5, 0.6) is 0 Å². The predicted molar refractivity (Wildman–Crippen MR) is 55.3 cm³/mol. The Labute approximate surface area is 75.3 Å². The molecule has 0 saturated heterocycles. The van der Waals surface area contributed by atoms with Gasteiger partial charge in [0.15, 0.2) is 0 Å². The Balaban J connectivity index is 3.01. The van der Waals surface area contributed by atoms with Crippen LogP contribution in [0.25, 0.3) is 0 Å². The third-order valence-electron chi connectivity index (χ3n) is 1.68. The first-order valence-corrected chi connectivity index (χ1v) is 5.69. The zero-order valence-electron chi connectivity index (χ0n) is 8.18.